The van der Waals surface area contributed by atoms with Gasteiger partial charge in [-0.25, -0.2) is 0 Å². The number of aliphatic hydroxyl groups is 1. The molecule has 0 amide bonds. The van der Waals surface area contributed by atoms with Crippen molar-refractivity contribution in [3.8, 4) is 0 Å². The molecule has 13 heavy (non-hydrogen) atoms. The van der Waals surface area contributed by atoms with Crippen LogP contribution >= 0.6 is 0 Å². The number of aryl methyl sites for hydroxylation is 1. The molecule has 0 fully saturated rings. The first-order valence-electron chi connectivity index (χ1n) is 4.54. The molecule has 0 saturated carbocycles. The normalized spacial score (nSPS) is 12.8. The van der Waals surface area contributed by atoms with Gasteiger partial charge in [0.15, 0.2) is 0 Å². The van der Waals surface area contributed by atoms with Crippen molar-refractivity contribution in [3.05, 3.63) is 29.6 Å². The van der Waals surface area contributed by atoms with Crippen LogP contribution in [0.2, 0.25) is 0 Å². The summed E-state index contributed by atoms with van der Waals surface area (Å²) in [4.78, 5) is 4.32. The number of aliphatic hydroxyl groups excluding tert-OH is 1. The van der Waals surface area contributed by atoms with Gasteiger partial charge in [0.05, 0.1) is 5.69 Å². The molecule has 0 saturated heterocycles. The number of nitrogens with zero attached hydrogens (tertiary/aromatic N) is 1. The summed E-state index contributed by atoms with van der Waals surface area (Å²) in [5.41, 5.74) is 7.77. The molecule has 0 bridgehead atoms. The molecular formula is C10H16N2O. The highest BCUT2D eigenvalue weighted by Gasteiger charge is 2.06. The minimum Gasteiger partial charge on any atom is -0.396 e. The fourth-order valence-corrected chi connectivity index (χ4v) is 1.23. The first-order chi connectivity index (χ1) is 6.24. The van der Waals surface area contributed by atoms with Gasteiger partial charge in [0, 0.05) is 18.3 Å². The van der Waals surface area contributed by atoms with Crippen molar-refractivity contribution in [1.29, 1.82) is 0 Å². The maximum atomic E-state index is 8.64. The average Bonchev–Trinajstić information content (AvgIpc) is 2.14. The maximum absolute atomic E-state index is 8.64. The number of rotatable bonds is 4. The molecule has 0 aliphatic heterocycles. The van der Waals surface area contributed by atoms with E-state index in [4.69, 9.17) is 10.8 Å². The second kappa shape index (κ2) is 4.94. The Morgan fingerprint density at radius 1 is 1.54 bits per heavy atom. The number of hydrogen-bond acceptors (Lipinski definition) is 3. The lowest BCUT2D eigenvalue weighted by atomic mass is 10.1. The van der Waals surface area contributed by atoms with E-state index in [0.29, 0.717) is 0 Å². The monoisotopic (exact) mass is 180 g/mol. The van der Waals surface area contributed by atoms with Crippen molar-refractivity contribution in [1.82, 2.24) is 4.98 Å². The highest BCUT2D eigenvalue weighted by atomic mass is 16.2. The lowest BCUT2D eigenvalue weighted by Gasteiger charge is -2.10. The van der Waals surface area contributed by atoms with Crippen LogP contribution in [0.4, 0.5) is 0 Å². The van der Waals surface area contributed by atoms with Gasteiger partial charge in [-0.1, -0.05) is 6.07 Å². The summed E-state index contributed by atoms with van der Waals surface area (Å²) in [5, 5.41) is 8.64. The Bertz CT molecular complexity index is 263. The smallest absolute Gasteiger partial charge is 0.0574 e. The van der Waals surface area contributed by atoms with Crippen molar-refractivity contribution in [3.63, 3.8) is 0 Å². The predicted molar refractivity (Wildman–Crippen MR) is 52.2 cm³/mol. The van der Waals surface area contributed by atoms with Gasteiger partial charge >= 0.3 is 0 Å². The van der Waals surface area contributed by atoms with E-state index in [1.807, 2.05) is 25.1 Å². The van der Waals surface area contributed by atoms with Crippen LogP contribution in [0.3, 0.4) is 0 Å². The third-order valence-corrected chi connectivity index (χ3v) is 1.96. The molecule has 0 aliphatic rings. The van der Waals surface area contributed by atoms with E-state index in [1.165, 1.54) is 0 Å². The molecule has 3 heteroatoms. The summed E-state index contributed by atoms with van der Waals surface area (Å²) in [6.07, 6.45) is 1.52. The second-order valence-electron chi connectivity index (χ2n) is 3.18. The Labute approximate surface area is 78.6 Å². The molecule has 1 rings (SSSR count). The van der Waals surface area contributed by atoms with Crippen LogP contribution < -0.4 is 5.73 Å². The molecule has 1 aromatic rings. The molecule has 3 nitrogen and oxygen atoms in total. The van der Waals surface area contributed by atoms with E-state index in [2.05, 4.69) is 4.98 Å². The molecule has 0 aromatic carbocycles. The van der Waals surface area contributed by atoms with Gasteiger partial charge in [0.25, 0.3) is 0 Å². The van der Waals surface area contributed by atoms with E-state index in [1.54, 1.807) is 0 Å². The summed E-state index contributed by atoms with van der Waals surface area (Å²) in [7, 11) is 0. The van der Waals surface area contributed by atoms with Crippen molar-refractivity contribution in [2.45, 2.75) is 25.8 Å². The topological polar surface area (TPSA) is 59.1 Å². The third kappa shape index (κ3) is 3.13. The number of pyridine rings is 1. The standard InChI is InChI=1S/C10H16N2O/c1-8-4-2-6-10(12-8)9(11)5-3-7-13/h2,4,6,9,13H,3,5,7,11H2,1H3/t9-/m0/s1. The van der Waals surface area contributed by atoms with Gasteiger partial charge in [-0.15, -0.1) is 0 Å². The summed E-state index contributed by atoms with van der Waals surface area (Å²) < 4.78 is 0. The molecule has 1 aromatic heterocycles. The Morgan fingerprint density at radius 2 is 2.31 bits per heavy atom. The predicted octanol–water partition coefficient (Wildman–Crippen LogP) is 1.16. The molecule has 1 heterocycles. The zero-order chi connectivity index (χ0) is 9.68. The lowest BCUT2D eigenvalue weighted by Crippen LogP contribution is -2.12. The SMILES string of the molecule is Cc1cccc([C@@H](N)CCCO)n1. The summed E-state index contributed by atoms with van der Waals surface area (Å²) in [6.45, 7) is 2.14. The van der Waals surface area contributed by atoms with E-state index in [9.17, 15) is 0 Å². The van der Waals surface area contributed by atoms with E-state index >= 15 is 0 Å². The quantitative estimate of drug-likeness (QED) is 0.731. The fraction of sp³-hybridized carbons (Fsp3) is 0.500. The number of nitrogens with two attached hydrogens (primary N) is 1. The summed E-state index contributed by atoms with van der Waals surface area (Å²) in [6, 6.07) is 5.78. The van der Waals surface area contributed by atoms with Gasteiger partial charge in [0.2, 0.25) is 0 Å². The average molecular weight is 180 g/mol. The zero-order valence-corrected chi connectivity index (χ0v) is 7.90. The van der Waals surface area contributed by atoms with Gasteiger partial charge in [-0.05, 0) is 31.9 Å². The Balaban J connectivity index is 2.60. The lowest BCUT2D eigenvalue weighted by molar-refractivity contribution is 0.279. The molecular weight excluding hydrogens is 164 g/mol. The Morgan fingerprint density at radius 3 is 2.92 bits per heavy atom. The van der Waals surface area contributed by atoms with Crippen LogP contribution in [0, 0.1) is 6.92 Å². The van der Waals surface area contributed by atoms with Crippen LogP contribution in [0.1, 0.15) is 30.3 Å². The Hall–Kier alpha value is -0.930. The zero-order valence-electron chi connectivity index (χ0n) is 7.90. The third-order valence-electron chi connectivity index (χ3n) is 1.96. The van der Waals surface area contributed by atoms with E-state index in [0.717, 1.165) is 24.2 Å². The van der Waals surface area contributed by atoms with Crippen LogP contribution in [0.5, 0.6) is 0 Å². The minimum absolute atomic E-state index is 0.0490. The van der Waals surface area contributed by atoms with Crippen LogP contribution in [-0.4, -0.2) is 16.7 Å². The van der Waals surface area contributed by atoms with Crippen LogP contribution in [0.15, 0.2) is 18.2 Å². The largest absolute Gasteiger partial charge is 0.396 e. The van der Waals surface area contributed by atoms with Crippen molar-refractivity contribution >= 4 is 0 Å². The second-order valence-corrected chi connectivity index (χ2v) is 3.18. The number of aromatic nitrogens is 1. The van der Waals surface area contributed by atoms with Gasteiger partial charge in [-0.3, -0.25) is 4.98 Å². The van der Waals surface area contributed by atoms with Crippen LogP contribution in [-0.2, 0) is 0 Å². The first kappa shape index (κ1) is 10.2. The van der Waals surface area contributed by atoms with E-state index < -0.39 is 0 Å². The summed E-state index contributed by atoms with van der Waals surface area (Å²) >= 11 is 0. The van der Waals surface area contributed by atoms with Gasteiger partial charge < -0.3 is 10.8 Å². The van der Waals surface area contributed by atoms with Gasteiger partial charge in [-0.2, -0.15) is 0 Å². The van der Waals surface area contributed by atoms with Crippen LogP contribution in [0.25, 0.3) is 0 Å². The minimum atomic E-state index is -0.0490. The summed E-state index contributed by atoms with van der Waals surface area (Å²) in [5.74, 6) is 0. The molecule has 0 unspecified atom stereocenters. The fourth-order valence-electron chi connectivity index (χ4n) is 1.23. The molecule has 1 atom stereocenters. The van der Waals surface area contributed by atoms with Crippen molar-refractivity contribution in [2.24, 2.45) is 5.73 Å². The highest BCUT2D eigenvalue weighted by molar-refractivity contribution is 5.12. The first-order valence-corrected chi connectivity index (χ1v) is 4.54. The molecule has 3 N–H and O–H groups in total. The molecule has 0 spiro atoms. The van der Waals surface area contributed by atoms with Crippen molar-refractivity contribution in [2.75, 3.05) is 6.61 Å². The number of hydrogen-bond donors (Lipinski definition) is 2. The maximum Gasteiger partial charge on any atom is 0.0574 e. The van der Waals surface area contributed by atoms with Crippen molar-refractivity contribution < 1.29 is 5.11 Å². The molecule has 0 aliphatic carbocycles. The van der Waals surface area contributed by atoms with E-state index in [-0.39, 0.29) is 12.6 Å². The molecule has 72 valence electrons. The Kier molecular flexibility index (Phi) is 3.86. The highest BCUT2D eigenvalue weighted by Crippen LogP contribution is 2.12. The van der Waals surface area contributed by atoms with Gasteiger partial charge in [0.1, 0.15) is 0 Å². The molecule has 0 radical (unpaired) electrons.